The normalized spacial score (nSPS) is 11.9. The van der Waals surface area contributed by atoms with Gasteiger partial charge in [0.25, 0.3) is 5.91 Å². The summed E-state index contributed by atoms with van der Waals surface area (Å²) in [6, 6.07) is 14.2. The zero-order valence-electron chi connectivity index (χ0n) is 14.5. The number of aryl methyl sites for hydroxylation is 1. The number of nitrogens with one attached hydrogen (secondary N) is 2. The Labute approximate surface area is 161 Å². The van der Waals surface area contributed by atoms with E-state index in [1.165, 1.54) is 0 Å². The second kappa shape index (κ2) is 7.17. The summed E-state index contributed by atoms with van der Waals surface area (Å²) >= 11 is 6.05. The number of halogens is 1. The number of aromatic nitrogens is 1. The van der Waals surface area contributed by atoms with Crippen LogP contribution >= 0.6 is 11.6 Å². The quantitative estimate of drug-likeness (QED) is 0.681. The van der Waals surface area contributed by atoms with E-state index in [2.05, 4.69) is 15.6 Å². The van der Waals surface area contributed by atoms with Crippen molar-refractivity contribution in [2.45, 2.75) is 6.92 Å². The molecule has 0 spiro atoms. The molecule has 0 bridgehead atoms. The number of hydrogen-bond acceptors (Lipinski definition) is 5. The number of ether oxygens (including phenoxy) is 2. The van der Waals surface area contributed by atoms with Gasteiger partial charge in [-0.3, -0.25) is 4.79 Å². The fourth-order valence-electron chi connectivity index (χ4n) is 2.68. The maximum absolute atomic E-state index is 12.6. The van der Waals surface area contributed by atoms with Gasteiger partial charge in [0.2, 0.25) is 6.79 Å². The second-order valence-corrected chi connectivity index (χ2v) is 6.47. The molecule has 2 aromatic carbocycles. The third-order valence-corrected chi connectivity index (χ3v) is 4.35. The van der Waals surface area contributed by atoms with E-state index in [-0.39, 0.29) is 12.7 Å². The van der Waals surface area contributed by atoms with Crippen LogP contribution in [0.2, 0.25) is 5.02 Å². The molecule has 0 aliphatic carbocycles. The van der Waals surface area contributed by atoms with Crippen molar-refractivity contribution in [1.29, 1.82) is 0 Å². The molecule has 0 fully saturated rings. The predicted molar refractivity (Wildman–Crippen MR) is 104 cm³/mol. The van der Waals surface area contributed by atoms with E-state index in [0.717, 1.165) is 11.3 Å². The highest BCUT2D eigenvalue weighted by molar-refractivity contribution is 6.30. The molecule has 2 N–H and O–H groups in total. The maximum atomic E-state index is 12.6. The van der Waals surface area contributed by atoms with Gasteiger partial charge >= 0.3 is 0 Å². The van der Waals surface area contributed by atoms with Crippen LogP contribution in [0, 0.1) is 6.92 Å². The molecular formula is C20H16ClN3O3. The lowest BCUT2D eigenvalue weighted by atomic mass is 10.2. The van der Waals surface area contributed by atoms with Crippen molar-refractivity contribution in [3.05, 3.63) is 70.9 Å². The van der Waals surface area contributed by atoms with Crippen molar-refractivity contribution in [3.8, 4) is 11.5 Å². The highest BCUT2D eigenvalue weighted by Crippen LogP contribution is 2.34. The summed E-state index contributed by atoms with van der Waals surface area (Å²) in [7, 11) is 0. The van der Waals surface area contributed by atoms with Gasteiger partial charge in [-0.1, -0.05) is 17.7 Å². The van der Waals surface area contributed by atoms with Gasteiger partial charge in [-0.25, -0.2) is 4.98 Å². The highest BCUT2D eigenvalue weighted by Gasteiger charge is 2.15. The average Bonchev–Trinajstić information content (AvgIpc) is 3.13. The molecule has 6 nitrogen and oxygen atoms in total. The minimum Gasteiger partial charge on any atom is -0.454 e. The number of carbonyl (C=O) groups excluding carboxylic acids is 1. The lowest BCUT2D eigenvalue weighted by molar-refractivity contribution is 0.102. The fourth-order valence-corrected chi connectivity index (χ4v) is 2.86. The fraction of sp³-hybridized carbons (Fsp3) is 0.100. The molecule has 0 atom stereocenters. The summed E-state index contributed by atoms with van der Waals surface area (Å²) in [5, 5.41) is 6.67. The summed E-state index contributed by atoms with van der Waals surface area (Å²) in [5.74, 6) is 1.59. The Morgan fingerprint density at radius 3 is 2.81 bits per heavy atom. The lowest BCUT2D eigenvalue weighted by Crippen LogP contribution is -2.12. The molecule has 136 valence electrons. The number of amides is 1. The second-order valence-electron chi connectivity index (χ2n) is 6.04. The lowest BCUT2D eigenvalue weighted by Gasteiger charge is -2.11. The first-order valence-corrected chi connectivity index (χ1v) is 8.66. The number of pyridine rings is 1. The molecule has 1 aliphatic rings. The first kappa shape index (κ1) is 17.2. The molecule has 0 saturated heterocycles. The van der Waals surface area contributed by atoms with Crippen LogP contribution in [0.5, 0.6) is 11.5 Å². The highest BCUT2D eigenvalue weighted by atomic mass is 35.5. The Balaban J connectivity index is 1.51. The smallest absolute Gasteiger partial charge is 0.255 e. The first-order chi connectivity index (χ1) is 13.1. The molecular weight excluding hydrogens is 366 g/mol. The number of fused-ring (bicyclic) bond motifs is 1. The number of rotatable bonds is 4. The molecule has 27 heavy (non-hydrogen) atoms. The molecule has 7 heteroatoms. The Bertz CT molecular complexity index is 1020. The van der Waals surface area contributed by atoms with Crippen LogP contribution in [-0.4, -0.2) is 17.7 Å². The van der Waals surface area contributed by atoms with Crippen molar-refractivity contribution in [3.63, 3.8) is 0 Å². The van der Waals surface area contributed by atoms with Crippen LogP contribution in [0.4, 0.5) is 17.2 Å². The number of hydrogen-bond donors (Lipinski definition) is 2. The van der Waals surface area contributed by atoms with E-state index in [0.29, 0.717) is 33.6 Å². The van der Waals surface area contributed by atoms with Crippen molar-refractivity contribution < 1.29 is 14.3 Å². The van der Waals surface area contributed by atoms with E-state index in [1.54, 1.807) is 36.5 Å². The summed E-state index contributed by atoms with van der Waals surface area (Å²) < 4.78 is 10.6. The van der Waals surface area contributed by atoms with Gasteiger partial charge in [-0.05, 0) is 48.9 Å². The van der Waals surface area contributed by atoms with E-state index in [1.807, 2.05) is 25.1 Å². The number of nitrogens with zero attached hydrogens (tertiary/aromatic N) is 1. The third kappa shape index (κ3) is 3.80. The molecule has 4 rings (SSSR count). The van der Waals surface area contributed by atoms with Crippen LogP contribution < -0.4 is 20.1 Å². The van der Waals surface area contributed by atoms with Crippen LogP contribution in [0.25, 0.3) is 0 Å². The van der Waals surface area contributed by atoms with Gasteiger partial charge < -0.3 is 20.1 Å². The van der Waals surface area contributed by atoms with Gasteiger partial charge in [0.05, 0.1) is 0 Å². The minimum absolute atomic E-state index is 0.190. The van der Waals surface area contributed by atoms with E-state index >= 15 is 0 Å². The Hall–Kier alpha value is -3.25. The SMILES string of the molecule is Cc1ccc(Cl)cc1Nc1cc(C(=O)Nc2ccc3c(c2)OCO3)ccn1. The molecule has 1 aliphatic heterocycles. The number of anilines is 3. The van der Waals surface area contributed by atoms with Crippen LogP contribution in [-0.2, 0) is 0 Å². The van der Waals surface area contributed by atoms with Crippen molar-refractivity contribution in [1.82, 2.24) is 4.98 Å². The topological polar surface area (TPSA) is 72.5 Å². The molecule has 1 aromatic heterocycles. The van der Waals surface area contributed by atoms with Gasteiger partial charge in [-0.2, -0.15) is 0 Å². The Morgan fingerprint density at radius 1 is 1.07 bits per heavy atom. The first-order valence-electron chi connectivity index (χ1n) is 8.29. The van der Waals surface area contributed by atoms with Gasteiger partial charge in [0.15, 0.2) is 11.5 Å². The maximum Gasteiger partial charge on any atom is 0.255 e. The summed E-state index contributed by atoms with van der Waals surface area (Å²) in [6.45, 7) is 2.16. The summed E-state index contributed by atoms with van der Waals surface area (Å²) in [6.07, 6.45) is 1.58. The standard InChI is InChI=1S/C20H16ClN3O3/c1-12-2-3-14(21)9-16(12)24-19-8-13(6-7-22-19)20(25)23-15-4-5-17-18(10-15)27-11-26-17/h2-10H,11H2,1H3,(H,22,24)(H,23,25). The van der Waals surface area contributed by atoms with Crippen molar-refractivity contribution in [2.24, 2.45) is 0 Å². The van der Waals surface area contributed by atoms with E-state index in [9.17, 15) is 4.79 Å². The molecule has 2 heterocycles. The van der Waals surface area contributed by atoms with Crippen molar-refractivity contribution in [2.75, 3.05) is 17.4 Å². The zero-order chi connectivity index (χ0) is 18.8. The van der Waals surface area contributed by atoms with E-state index in [4.69, 9.17) is 21.1 Å². The molecule has 3 aromatic rings. The van der Waals surface area contributed by atoms with Crippen LogP contribution in [0.1, 0.15) is 15.9 Å². The van der Waals surface area contributed by atoms with Gasteiger partial charge in [0, 0.05) is 34.2 Å². The van der Waals surface area contributed by atoms with Gasteiger partial charge in [0.1, 0.15) is 5.82 Å². The molecule has 0 saturated carbocycles. The molecule has 0 radical (unpaired) electrons. The van der Waals surface area contributed by atoms with E-state index < -0.39 is 0 Å². The minimum atomic E-state index is -0.248. The van der Waals surface area contributed by atoms with Crippen LogP contribution in [0.15, 0.2) is 54.7 Å². The summed E-state index contributed by atoms with van der Waals surface area (Å²) in [5.41, 5.74) is 2.96. The Morgan fingerprint density at radius 2 is 1.93 bits per heavy atom. The van der Waals surface area contributed by atoms with Crippen LogP contribution in [0.3, 0.4) is 0 Å². The molecule has 0 unspecified atom stereocenters. The Kier molecular flexibility index (Phi) is 4.56. The molecule has 1 amide bonds. The largest absolute Gasteiger partial charge is 0.454 e. The van der Waals surface area contributed by atoms with Gasteiger partial charge in [-0.15, -0.1) is 0 Å². The predicted octanol–water partition coefficient (Wildman–Crippen LogP) is 4.77. The third-order valence-electron chi connectivity index (χ3n) is 4.11. The monoisotopic (exact) mass is 381 g/mol. The average molecular weight is 382 g/mol. The number of benzene rings is 2. The number of carbonyl (C=O) groups is 1. The van der Waals surface area contributed by atoms with Crippen molar-refractivity contribution >= 4 is 34.7 Å². The zero-order valence-corrected chi connectivity index (χ0v) is 15.2. The summed E-state index contributed by atoms with van der Waals surface area (Å²) in [4.78, 5) is 16.9.